The van der Waals surface area contributed by atoms with Crippen LogP contribution < -0.4 is 0 Å². The number of carbonyl (C=O) groups is 1. The first kappa shape index (κ1) is 13.5. The van der Waals surface area contributed by atoms with Crippen LogP contribution in [0.15, 0.2) is 0 Å². The number of aliphatic hydroxyl groups is 1. The van der Waals surface area contributed by atoms with Crippen LogP contribution in [0, 0.1) is 0 Å². The minimum absolute atomic E-state index is 0.0311. The van der Waals surface area contributed by atoms with Crippen LogP contribution >= 0.6 is 0 Å². The number of piperazine rings is 1. The summed E-state index contributed by atoms with van der Waals surface area (Å²) < 4.78 is 0. The molecule has 0 aromatic heterocycles. The van der Waals surface area contributed by atoms with Crippen molar-refractivity contribution in [2.75, 3.05) is 20.2 Å². The van der Waals surface area contributed by atoms with E-state index in [1.165, 1.54) is 0 Å². The fourth-order valence-corrected chi connectivity index (χ4v) is 2.98. The second-order valence-electron chi connectivity index (χ2n) is 5.54. The van der Waals surface area contributed by atoms with E-state index in [1.807, 2.05) is 7.05 Å². The molecule has 0 bridgehead atoms. The van der Waals surface area contributed by atoms with E-state index in [-0.39, 0.29) is 24.1 Å². The summed E-state index contributed by atoms with van der Waals surface area (Å²) in [7, 11) is 1.84. The van der Waals surface area contributed by atoms with Gasteiger partial charge in [0.2, 0.25) is 5.91 Å². The van der Waals surface area contributed by atoms with E-state index in [4.69, 9.17) is 5.11 Å². The Hall–Kier alpha value is -0.610. The molecule has 0 spiro atoms. The normalized spacial score (nSPS) is 26.6. The Labute approximate surface area is 98.2 Å². The van der Waals surface area contributed by atoms with Crippen LogP contribution in [0.3, 0.4) is 0 Å². The molecule has 1 fully saturated rings. The number of amides is 1. The smallest absolute Gasteiger partial charge is 0.239 e. The van der Waals surface area contributed by atoms with Crippen LogP contribution in [0.4, 0.5) is 0 Å². The molecular formula is C12H24N2O2. The van der Waals surface area contributed by atoms with E-state index in [1.54, 1.807) is 4.90 Å². The van der Waals surface area contributed by atoms with E-state index < -0.39 is 0 Å². The minimum atomic E-state index is -0.182. The Bertz CT molecular complexity index is 264. The van der Waals surface area contributed by atoms with Crippen molar-refractivity contribution in [2.24, 2.45) is 0 Å². The van der Waals surface area contributed by atoms with Gasteiger partial charge in [0.1, 0.15) is 0 Å². The third kappa shape index (κ3) is 2.38. The molecule has 1 atom stereocenters. The summed E-state index contributed by atoms with van der Waals surface area (Å²) in [6, 6.07) is 0.128. The van der Waals surface area contributed by atoms with Crippen molar-refractivity contribution < 1.29 is 9.90 Å². The Balaban J connectivity index is 3.00. The summed E-state index contributed by atoms with van der Waals surface area (Å²) in [6.45, 7) is 9.31. The monoisotopic (exact) mass is 228 g/mol. The molecule has 94 valence electrons. The zero-order chi connectivity index (χ0) is 12.5. The largest absolute Gasteiger partial charge is 0.396 e. The highest BCUT2D eigenvalue weighted by atomic mass is 16.3. The third-order valence-electron chi connectivity index (χ3n) is 3.28. The summed E-state index contributed by atoms with van der Waals surface area (Å²) in [4.78, 5) is 16.1. The minimum Gasteiger partial charge on any atom is -0.396 e. The molecule has 1 unspecified atom stereocenters. The molecular weight excluding hydrogens is 204 g/mol. The first-order valence-corrected chi connectivity index (χ1v) is 5.95. The van der Waals surface area contributed by atoms with Crippen molar-refractivity contribution in [3.63, 3.8) is 0 Å². The zero-order valence-electron chi connectivity index (χ0n) is 11.0. The van der Waals surface area contributed by atoms with Crippen LogP contribution in [0.25, 0.3) is 0 Å². The number of hydrogen-bond donors (Lipinski definition) is 1. The first-order chi connectivity index (χ1) is 7.31. The lowest BCUT2D eigenvalue weighted by atomic mass is 9.91. The van der Waals surface area contributed by atoms with Crippen molar-refractivity contribution in [2.45, 2.75) is 51.7 Å². The summed E-state index contributed by atoms with van der Waals surface area (Å²) in [6.07, 6.45) is 0.519. The second kappa shape index (κ2) is 4.72. The highest BCUT2D eigenvalue weighted by Gasteiger charge is 2.44. The van der Waals surface area contributed by atoms with Gasteiger partial charge in [0.05, 0.1) is 6.04 Å². The molecule has 4 heteroatoms. The average Bonchev–Trinajstić information content (AvgIpc) is 2.12. The van der Waals surface area contributed by atoms with Gasteiger partial charge in [-0.25, -0.2) is 0 Å². The summed E-state index contributed by atoms with van der Waals surface area (Å²) in [5.41, 5.74) is -0.0311. The molecule has 1 heterocycles. The lowest BCUT2D eigenvalue weighted by Gasteiger charge is -2.52. The number of hydrogen-bond acceptors (Lipinski definition) is 3. The number of aliphatic hydroxyl groups excluding tert-OH is 1. The Morgan fingerprint density at radius 1 is 1.50 bits per heavy atom. The molecule has 1 aliphatic heterocycles. The van der Waals surface area contributed by atoms with E-state index in [2.05, 4.69) is 32.6 Å². The van der Waals surface area contributed by atoms with Gasteiger partial charge in [-0.3, -0.25) is 9.69 Å². The molecule has 1 amide bonds. The predicted octanol–water partition coefficient (Wildman–Crippen LogP) is 0.698. The lowest BCUT2D eigenvalue weighted by molar-refractivity contribution is -0.151. The van der Waals surface area contributed by atoms with Crippen molar-refractivity contribution in [3.05, 3.63) is 0 Å². The van der Waals surface area contributed by atoms with Gasteiger partial charge in [0.15, 0.2) is 0 Å². The molecule has 1 N–H and O–H groups in total. The van der Waals surface area contributed by atoms with Gasteiger partial charge < -0.3 is 10.0 Å². The lowest BCUT2D eigenvalue weighted by Crippen LogP contribution is -2.67. The van der Waals surface area contributed by atoms with Gasteiger partial charge in [0, 0.05) is 31.8 Å². The van der Waals surface area contributed by atoms with Gasteiger partial charge >= 0.3 is 0 Å². The average molecular weight is 228 g/mol. The third-order valence-corrected chi connectivity index (χ3v) is 3.28. The predicted molar refractivity (Wildman–Crippen MR) is 64.2 cm³/mol. The standard InChI is InChI=1S/C12H24N2O2/c1-9(2)14-10(6-7-15)11(16)13(5)8-12(14,3)4/h9-10,15H,6-8H2,1-5H3. The zero-order valence-corrected chi connectivity index (χ0v) is 11.0. The van der Waals surface area contributed by atoms with E-state index in [0.717, 1.165) is 6.54 Å². The maximum atomic E-state index is 12.1. The second-order valence-corrected chi connectivity index (χ2v) is 5.54. The van der Waals surface area contributed by atoms with Gasteiger partial charge in [-0.15, -0.1) is 0 Å². The van der Waals surface area contributed by atoms with Crippen LogP contribution in [0.2, 0.25) is 0 Å². The molecule has 16 heavy (non-hydrogen) atoms. The summed E-state index contributed by atoms with van der Waals surface area (Å²) in [5, 5.41) is 9.09. The topological polar surface area (TPSA) is 43.8 Å². The summed E-state index contributed by atoms with van der Waals surface area (Å²) in [5.74, 6) is 0.127. The molecule has 0 radical (unpaired) electrons. The van der Waals surface area contributed by atoms with Crippen molar-refractivity contribution in [3.8, 4) is 0 Å². The molecule has 1 saturated heterocycles. The Morgan fingerprint density at radius 3 is 2.50 bits per heavy atom. The van der Waals surface area contributed by atoms with E-state index in [0.29, 0.717) is 12.5 Å². The number of rotatable bonds is 3. The highest BCUT2D eigenvalue weighted by molar-refractivity contribution is 5.82. The molecule has 1 rings (SSSR count). The first-order valence-electron chi connectivity index (χ1n) is 5.95. The number of nitrogens with zero attached hydrogens (tertiary/aromatic N) is 2. The Kier molecular flexibility index (Phi) is 3.97. The maximum absolute atomic E-state index is 12.1. The Morgan fingerprint density at radius 2 is 2.06 bits per heavy atom. The molecule has 0 aromatic carbocycles. The molecule has 0 aromatic rings. The van der Waals surface area contributed by atoms with Gasteiger partial charge in [-0.05, 0) is 34.1 Å². The van der Waals surface area contributed by atoms with Gasteiger partial charge in [-0.2, -0.15) is 0 Å². The van der Waals surface area contributed by atoms with Crippen molar-refractivity contribution >= 4 is 5.91 Å². The SMILES string of the molecule is CC(C)N1C(CCO)C(=O)N(C)CC1(C)C. The van der Waals surface area contributed by atoms with Crippen molar-refractivity contribution in [1.82, 2.24) is 9.80 Å². The number of likely N-dealkylation sites (N-methyl/N-ethyl adjacent to an activating group) is 1. The molecule has 0 saturated carbocycles. The van der Waals surface area contributed by atoms with Crippen LogP contribution in [-0.2, 0) is 4.79 Å². The van der Waals surface area contributed by atoms with E-state index in [9.17, 15) is 4.79 Å². The fourth-order valence-electron chi connectivity index (χ4n) is 2.98. The van der Waals surface area contributed by atoms with Crippen LogP contribution in [-0.4, -0.2) is 58.6 Å². The van der Waals surface area contributed by atoms with Crippen LogP contribution in [0.5, 0.6) is 0 Å². The highest BCUT2D eigenvalue weighted by Crippen LogP contribution is 2.29. The van der Waals surface area contributed by atoms with Gasteiger partial charge in [-0.1, -0.05) is 0 Å². The maximum Gasteiger partial charge on any atom is 0.239 e. The molecule has 4 nitrogen and oxygen atoms in total. The van der Waals surface area contributed by atoms with Crippen LogP contribution in [0.1, 0.15) is 34.1 Å². The number of carbonyl (C=O) groups excluding carboxylic acids is 1. The molecule has 1 aliphatic rings. The van der Waals surface area contributed by atoms with E-state index >= 15 is 0 Å². The summed E-state index contributed by atoms with van der Waals surface area (Å²) >= 11 is 0. The fraction of sp³-hybridized carbons (Fsp3) is 0.917. The van der Waals surface area contributed by atoms with Gasteiger partial charge in [0.25, 0.3) is 0 Å². The van der Waals surface area contributed by atoms with Crippen molar-refractivity contribution in [1.29, 1.82) is 0 Å². The quantitative estimate of drug-likeness (QED) is 0.773. The molecule has 0 aliphatic carbocycles.